The smallest absolute Gasteiger partial charge is 0.102 e. The molecule has 0 saturated heterocycles. The second-order valence-corrected chi connectivity index (χ2v) is 3.32. The van der Waals surface area contributed by atoms with Gasteiger partial charge in [-0.05, 0) is 37.1 Å². The Bertz CT molecular complexity index is 538. The highest BCUT2D eigenvalue weighted by atomic mass is 15.1. The van der Waals surface area contributed by atoms with Crippen LogP contribution in [0.25, 0.3) is 10.9 Å². The second-order valence-electron chi connectivity index (χ2n) is 3.32. The van der Waals surface area contributed by atoms with Crippen molar-refractivity contribution in [3.63, 3.8) is 0 Å². The summed E-state index contributed by atoms with van der Waals surface area (Å²) in [7, 11) is 0. The lowest BCUT2D eigenvalue weighted by molar-refractivity contribution is 1.07. The van der Waals surface area contributed by atoms with E-state index in [1.165, 1.54) is 17.3 Å². The lowest BCUT2D eigenvalue weighted by Gasteiger charge is -2.02. The molecule has 0 aliphatic carbocycles. The van der Waals surface area contributed by atoms with Crippen molar-refractivity contribution in [3.05, 3.63) is 35.0 Å². The number of benzene rings is 1. The summed E-state index contributed by atoms with van der Waals surface area (Å²) in [6.07, 6.45) is 1.50. The first-order chi connectivity index (χ1) is 6.72. The van der Waals surface area contributed by atoms with Gasteiger partial charge in [-0.2, -0.15) is 15.5 Å². The highest BCUT2D eigenvalue weighted by molar-refractivity contribution is 5.85. The van der Waals surface area contributed by atoms with Crippen molar-refractivity contribution < 1.29 is 0 Å². The standard InChI is InChI=1S/C11H9N3/c1-7-3-10-9(5-12)6-13-14-11(10)4-8(7)2/h3-4,6H,1-2H3. The van der Waals surface area contributed by atoms with Crippen molar-refractivity contribution in [3.8, 4) is 6.07 Å². The van der Waals surface area contributed by atoms with E-state index in [-0.39, 0.29) is 0 Å². The van der Waals surface area contributed by atoms with Gasteiger partial charge < -0.3 is 0 Å². The molecule has 1 aromatic heterocycles. The maximum Gasteiger partial charge on any atom is 0.102 e. The van der Waals surface area contributed by atoms with Gasteiger partial charge >= 0.3 is 0 Å². The highest BCUT2D eigenvalue weighted by Gasteiger charge is 2.03. The van der Waals surface area contributed by atoms with Crippen LogP contribution < -0.4 is 0 Å². The number of hydrogen-bond acceptors (Lipinski definition) is 3. The zero-order valence-electron chi connectivity index (χ0n) is 8.07. The summed E-state index contributed by atoms with van der Waals surface area (Å²) >= 11 is 0. The summed E-state index contributed by atoms with van der Waals surface area (Å²) in [5, 5.41) is 17.5. The number of nitriles is 1. The Kier molecular flexibility index (Phi) is 1.90. The summed E-state index contributed by atoms with van der Waals surface area (Å²) in [6, 6.07) is 6.06. The lowest BCUT2D eigenvalue weighted by atomic mass is 10.0. The average molecular weight is 183 g/mol. The molecule has 14 heavy (non-hydrogen) atoms. The van der Waals surface area contributed by atoms with Crippen molar-refractivity contribution in [1.29, 1.82) is 5.26 Å². The lowest BCUT2D eigenvalue weighted by Crippen LogP contribution is -1.90. The third-order valence-electron chi connectivity index (χ3n) is 2.37. The molecule has 1 heterocycles. The van der Waals surface area contributed by atoms with Crippen LogP contribution in [0.2, 0.25) is 0 Å². The first kappa shape index (κ1) is 8.64. The summed E-state index contributed by atoms with van der Waals surface area (Å²) in [5.41, 5.74) is 3.70. The van der Waals surface area contributed by atoms with Crippen LogP contribution in [-0.2, 0) is 0 Å². The Hall–Kier alpha value is -1.95. The molecule has 0 amide bonds. The van der Waals surface area contributed by atoms with E-state index in [1.807, 2.05) is 26.0 Å². The molecule has 0 aliphatic rings. The largest absolute Gasteiger partial charge is 0.192 e. The minimum absolute atomic E-state index is 0.582. The molecule has 0 N–H and O–H groups in total. The summed E-state index contributed by atoms with van der Waals surface area (Å²) in [4.78, 5) is 0. The van der Waals surface area contributed by atoms with E-state index in [0.29, 0.717) is 5.56 Å². The molecule has 2 rings (SSSR count). The van der Waals surface area contributed by atoms with Crippen molar-refractivity contribution >= 4 is 10.9 Å². The van der Waals surface area contributed by atoms with Crippen molar-refractivity contribution in [1.82, 2.24) is 10.2 Å². The van der Waals surface area contributed by atoms with E-state index in [4.69, 9.17) is 5.26 Å². The number of aromatic nitrogens is 2. The maximum absolute atomic E-state index is 8.88. The molecule has 0 bridgehead atoms. The van der Waals surface area contributed by atoms with Gasteiger partial charge in [0.05, 0.1) is 17.3 Å². The van der Waals surface area contributed by atoms with Crippen LogP contribution in [0.4, 0.5) is 0 Å². The van der Waals surface area contributed by atoms with Gasteiger partial charge in [-0.25, -0.2) is 0 Å². The van der Waals surface area contributed by atoms with Crippen LogP contribution in [0.1, 0.15) is 16.7 Å². The Morgan fingerprint density at radius 1 is 1.21 bits per heavy atom. The monoisotopic (exact) mass is 183 g/mol. The van der Waals surface area contributed by atoms with Crippen LogP contribution in [0.3, 0.4) is 0 Å². The molecule has 0 aliphatic heterocycles. The van der Waals surface area contributed by atoms with Gasteiger partial charge in [-0.3, -0.25) is 0 Å². The Balaban J connectivity index is 2.90. The fourth-order valence-corrected chi connectivity index (χ4v) is 1.41. The Morgan fingerprint density at radius 2 is 1.93 bits per heavy atom. The van der Waals surface area contributed by atoms with Gasteiger partial charge in [0, 0.05) is 5.39 Å². The molecular formula is C11H9N3. The number of rotatable bonds is 0. The molecule has 2 aromatic rings. The van der Waals surface area contributed by atoms with E-state index >= 15 is 0 Å². The number of nitrogens with zero attached hydrogens (tertiary/aromatic N) is 3. The molecular weight excluding hydrogens is 174 g/mol. The van der Waals surface area contributed by atoms with Gasteiger partial charge in [0.2, 0.25) is 0 Å². The maximum atomic E-state index is 8.88. The molecule has 0 saturated carbocycles. The molecule has 0 spiro atoms. The average Bonchev–Trinajstić information content (AvgIpc) is 2.19. The van der Waals surface area contributed by atoms with E-state index in [2.05, 4.69) is 16.3 Å². The van der Waals surface area contributed by atoms with Gasteiger partial charge in [-0.1, -0.05) is 0 Å². The van der Waals surface area contributed by atoms with E-state index in [1.54, 1.807) is 0 Å². The zero-order valence-corrected chi connectivity index (χ0v) is 8.07. The van der Waals surface area contributed by atoms with Crippen LogP contribution in [0.5, 0.6) is 0 Å². The van der Waals surface area contributed by atoms with Gasteiger partial charge in [0.15, 0.2) is 0 Å². The van der Waals surface area contributed by atoms with Crippen molar-refractivity contribution in [2.75, 3.05) is 0 Å². The van der Waals surface area contributed by atoms with Crippen molar-refractivity contribution in [2.24, 2.45) is 0 Å². The summed E-state index contributed by atoms with van der Waals surface area (Å²) in [6.45, 7) is 4.05. The normalized spacial score (nSPS) is 10.1. The third kappa shape index (κ3) is 1.21. The van der Waals surface area contributed by atoms with E-state index in [0.717, 1.165) is 10.9 Å². The van der Waals surface area contributed by atoms with Gasteiger partial charge in [0.25, 0.3) is 0 Å². The van der Waals surface area contributed by atoms with Crippen molar-refractivity contribution in [2.45, 2.75) is 13.8 Å². The van der Waals surface area contributed by atoms with Crippen LogP contribution in [0.15, 0.2) is 18.3 Å². The third-order valence-corrected chi connectivity index (χ3v) is 2.37. The fraction of sp³-hybridized carbons (Fsp3) is 0.182. The molecule has 0 unspecified atom stereocenters. The first-order valence-electron chi connectivity index (χ1n) is 4.35. The Labute approximate surface area is 82.0 Å². The molecule has 0 fully saturated rings. The summed E-state index contributed by atoms with van der Waals surface area (Å²) in [5.74, 6) is 0. The predicted octanol–water partition coefficient (Wildman–Crippen LogP) is 2.12. The zero-order chi connectivity index (χ0) is 10.1. The second kappa shape index (κ2) is 3.08. The molecule has 3 heteroatoms. The topological polar surface area (TPSA) is 49.6 Å². The Morgan fingerprint density at radius 3 is 2.64 bits per heavy atom. The molecule has 68 valence electrons. The van der Waals surface area contributed by atoms with Crippen LogP contribution in [0, 0.1) is 25.2 Å². The highest BCUT2D eigenvalue weighted by Crippen LogP contribution is 2.19. The van der Waals surface area contributed by atoms with Crippen LogP contribution >= 0.6 is 0 Å². The van der Waals surface area contributed by atoms with Gasteiger partial charge in [0.1, 0.15) is 6.07 Å². The first-order valence-corrected chi connectivity index (χ1v) is 4.35. The van der Waals surface area contributed by atoms with E-state index < -0.39 is 0 Å². The number of hydrogen-bond donors (Lipinski definition) is 0. The minimum Gasteiger partial charge on any atom is -0.192 e. The number of fused-ring (bicyclic) bond motifs is 1. The molecule has 0 radical (unpaired) electrons. The quantitative estimate of drug-likeness (QED) is 0.628. The SMILES string of the molecule is Cc1cc2nncc(C#N)c2cc1C. The summed E-state index contributed by atoms with van der Waals surface area (Å²) < 4.78 is 0. The molecule has 3 nitrogen and oxygen atoms in total. The van der Waals surface area contributed by atoms with E-state index in [9.17, 15) is 0 Å². The molecule has 0 atom stereocenters. The fourth-order valence-electron chi connectivity index (χ4n) is 1.41. The number of aryl methyl sites for hydroxylation is 2. The van der Waals surface area contributed by atoms with Crippen LogP contribution in [-0.4, -0.2) is 10.2 Å². The minimum atomic E-state index is 0.582. The van der Waals surface area contributed by atoms with Gasteiger partial charge in [-0.15, -0.1) is 0 Å². The predicted molar refractivity (Wildman–Crippen MR) is 53.7 cm³/mol. The molecule has 1 aromatic carbocycles.